The van der Waals surface area contributed by atoms with Crippen LogP contribution in [-0.2, 0) is 4.79 Å². The summed E-state index contributed by atoms with van der Waals surface area (Å²) in [4.78, 5) is 32.0. The Morgan fingerprint density at radius 2 is 2.25 bits per heavy atom. The van der Waals surface area contributed by atoms with Crippen molar-refractivity contribution in [2.45, 2.75) is 6.04 Å². The van der Waals surface area contributed by atoms with E-state index in [0.717, 1.165) is 4.90 Å². The molecule has 1 atom stereocenters. The molecule has 0 saturated carbocycles. The summed E-state index contributed by atoms with van der Waals surface area (Å²) in [5.74, 6) is -0.607. The van der Waals surface area contributed by atoms with E-state index in [-0.39, 0.29) is 6.54 Å². The van der Waals surface area contributed by atoms with Crippen molar-refractivity contribution in [2.24, 2.45) is 5.73 Å². The van der Waals surface area contributed by atoms with E-state index >= 15 is 0 Å². The zero-order chi connectivity index (χ0) is 9.30. The Bertz CT molecular complexity index is 251. The Morgan fingerprint density at radius 3 is 2.58 bits per heavy atom. The number of imide groups is 1. The number of carboxylic acid groups (broad SMARTS) is 1. The van der Waals surface area contributed by atoms with E-state index < -0.39 is 24.1 Å². The summed E-state index contributed by atoms with van der Waals surface area (Å²) in [6.45, 7) is 0.0144. The zero-order valence-corrected chi connectivity index (χ0v) is 5.98. The van der Waals surface area contributed by atoms with Crippen molar-refractivity contribution in [1.29, 1.82) is 0 Å². The third kappa shape index (κ3) is 1.29. The van der Waals surface area contributed by atoms with Crippen LogP contribution < -0.4 is 11.1 Å². The molecule has 1 aliphatic rings. The standard InChI is InChI=1S/C5H7N3O4/c6-4(10)8-1-2(3(8)9)7-5(11)12/h2,7H,1H2,(H2,6,10)(H,11,12)/t2-/m0/s1. The van der Waals surface area contributed by atoms with E-state index in [1.807, 2.05) is 5.32 Å². The molecule has 0 spiro atoms. The first-order chi connectivity index (χ1) is 5.52. The first-order valence-electron chi connectivity index (χ1n) is 3.12. The summed E-state index contributed by atoms with van der Waals surface area (Å²) in [6, 6.07) is -1.68. The van der Waals surface area contributed by atoms with Crippen molar-refractivity contribution < 1.29 is 19.5 Å². The maximum Gasteiger partial charge on any atom is 0.405 e. The smallest absolute Gasteiger partial charge is 0.405 e. The van der Waals surface area contributed by atoms with Gasteiger partial charge >= 0.3 is 12.1 Å². The van der Waals surface area contributed by atoms with Crippen LogP contribution >= 0.6 is 0 Å². The van der Waals surface area contributed by atoms with Gasteiger partial charge in [0.25, 0.3) is 5.91 Å². The summed E-state index contributed by atoms with van der Waals surface area (Å²) in [7, 11) is 0. The average molecular weight is 173 g/mol. The molecule has 4 N–H and O–H groups in total. The monoisotopic (exact) mass is 173 g/mol. The molecule has 4 amide bonds. The van der Waals surface area contributed by atoms with Gasteiger partial charge < -0.3 is 16.2 Å². The maximum absolute atomic E-state index is 10.8. The lowest BCUT2D eigenvalue weighted by atomic mass is 10.1. The number of β-lactam (4-membered cyclic amide) rings is 1. The number of hydrogen-bond acceptors (Lipinski definition) is 3. The largest absolute Gasteiger partial charge is 0.465 e. The summed E-state index contributed by atoms with van der Waals surface area (Å²) < 4.78 is 0. The maximum atomic E-state index is 10.8. The normalized spacial score (nSPS) is 21.5. The average Bonchev–Trinajstić information content (AvgIpc) is 1.95. The van der Waals surface area contributed by atoms with Gasteiger partial charge in [-0.2, -0.15) is 0 Å². The van der Waals surface area contributed by atoms with E-state index in [1.54, 1.807) is 0 Å². The van der Waals surface area contributed by atoms with E-state index in [9.17, 15) is 14.4 Å². The summed E-state index contributed by atoms with van der Waals surface area (Å²) in [5, 5.41) is 10.1. The summed E-state index contributed by atoms with van der Waals surface area (Å²) in [5.41, 5.74) is 4.77. The van der Waals surface area contributed by atoms with E-state index in [4.69, 9.17) is 10.8 Å². The third-order valence-corrected chi connectivity index (χ3v) is 1.49. The number of rotatable bonds is 1. The molecule has 7 nitrogen and oxygen atoms in total. The molecular formula is C5H7N3O4. The van der Waals surface area contributed by atoms with Crippen LogP contribution in [0.5, 0.6) is 0 Å². The lowest BCUT2D eigenvalue weighted by Crippen LogP contribution is -2.66. The van der Waals surface area contributed by atoms with Gasteiger partial charge in [0.05, 0.1) is 6.54 Å². The summed E-state index contributed by atoms with van der Waals surface area (Å²) in [6.07, 6.45) is -1.29. The van der Waals surface area contributed by atoms with Crippen LogP contribution in [0.2, 0.25) is 0 Å². The molecule has 1 aliphatic heterocycles. The molecule has 7 heteroatoms. The highest BCUT2D eigenvalue weighted by Crippen LogP contribution is 2.08. The van der Waals surface area contributed by atoms with E-state index in [0.29, 0.717) is 0 Å². The Balaban J connectivity index is 2.44. The van der Waals surface area contributed by atoms with Crippen molar-refractivity contribution >= 4 is 18.0 Å². The van der Waals surface area contributed by atoms with Gasteiger partial charge in [0.2, 0.25) is 0 Å². The molecule has 0 aliphatic carbocycles. The predicted molar refractivity (Wildman–Crippen MR) is 36.2 cm³/mol. The molecule has 0 aromatic carbocycles. The summed E-state index contributed by atoms with van der Waals surface area (Å²) >= 11 is 0. The van der Waals surface area contributed by atoms with Crippen LogP contribution in [0.15, 0.2) is 0 Å². The van der Waals surface area contributed by atoms with Crippen molar-refractivity contribution in [3.8, 4) is 0 Å². The number of carbonyl (C=O) groups is 3. The van der Waals surface area contributed by atoms with Gasteiger partial charge in [0.1, 0.15) is 6.04 Å². The van der Waals surface area contributed by atoms with Crippen LogP contribution in [0.4, 0.5) is 9.59 Å². The van der Waals surface area contributed by atoms with Crippen LogP contribution in [-0.4, -0.2) is 40.6 Å². The van der Waals surface area contributed by atoms with Crippen LogP contribution in [0.1, 0.15) is 0 Å². The molecule has 0 aromatic heterocycles. The molecular weight excluding hydrogens is 166 g/mol. The minimum absolute atomic E-state index is 0.0144. The molecule has 0 aromatic rings. The van der Waals surface area contributed by atoms with Gasteiger partial charge in [-0.05, 0) is 0 Å². The Morgan fingerprint density at radius 1 is 1.67 bits per heavy atom. The Kier molecular flexibility index (Phi) is 1.86. The van der Waals surface area contributed by atoms with Crippen molar-refractivity contribution in [3.63, 3.8) is 0 Å². The van der Waals surface area contributed by atoms with Crippen LogP contribution in [0.25, 0.3) is 0 Å². The number of primary amides is 1. The highest BCUT2D eigenvalue weighted by atomic mass is 16.4. The highest BCUT2D eigenvalue weighted by Gasteiger charge is 2.40. The first kappa shape index (κ1) is 8.31. The van der Waals surface area contributed by atoms with Crippen LogP contribution in [0.3, 0.4) is 0 Å². The van der Waals surface area contributed by atoms with Gasteiger partial charge in [-0.25, -0.2) is 9.59 Å². The van der Waals surface area contributed by atoms with E-state index in [2.05, 4.69) is 0 Å². The van der Waals surface area contributed by atoms with Crippen molar-refractivity contribution in [1.82, 2.24) is 10.2 Å². The number of hydrogen-bond donors (Lipinski definition) is 3. The number of nitrogens with zero attached hydrogens (tertiary/aromatic N) is 1. The number of nitrogens with one attached hydrogen (secondary N) is 1. The van der Waals surface area contributed by atoms with Gasteiger partial charge in [-0.1, -0.05) is 0 Å². The zero-order valence-electron chi connectivity index (χ0n) is 5.98. The quantitative estimate of drug-likeness (QED) is 0.420. The number of likely N-dealkylation sites (tertiary alicyclic amines) is 1. The molecule has 1 saturated heterocycles. The van der Waals surface area contributed by atoms with Gasteiger partial charge in [-0.3, -0.25) is 9.69 Å². The number of nitrogens with two attached hydrogens (primary N) is 1. The number of urea groups is 1. The van der Waals surface area contributed by atoms with Gasteiger partial charge in [0, 0.05) is 0 Å². The fraction of sp³-hybridized carbons (Fsp3) is 0.400. The molecule has 0 radical (unpaired) electrons. The van der Waals surface area contributed by atoms with Gasteiger partial charge in [-0.15, -0.1) is 0 Å². The molecule has 0 unspecified atom stereocenters. The Labute approximate surface area is 67.1 Å². The highest BCUT2D eigenvalue weighted by molar-refractivity contribution is 6.02. The second-order valence-electron chi connectivity index (χ2n) is 2.29. The van der Waals surface area contributed by atoms with Crippen LogP contribution in [0, 0.1) is 0 Å². The minimum atomic E-state index is -1.29. The molecule has 1 rings (SSSR count). The third-order valence-electron chi connectivity index (χ3n) is 1.49. The lowest BCUT2D eigenvalue weighted by Gasteiger charge is -2.34. The predicted octanol–water partition coefficient (Wildman–Crippen LogP) is -1.46. The van der Waals surface area contributed by atoms with E-state index in [1.165, 1.54) is 0 Å². The molecule has 1 fully saturated rings. The first-order valence-corrected chi connectivity index (χ1v) is 3.12. The second-order valence-corrected chi connectivity index (χ2v) is 2.29. The second kappa shape index (κ2) is 2.68. The van der Waals surface area contributed by atoms with Crippen molar-refractivity contribution in [3.05, 3.63) is 0 Å². The van der Waals surface area contributed by atoms with Crippen molar-refractivity contribution in [2.75, 3.05) is 6.54 Å². The molecule has 1 heterocycles. The topological polar surface area (TPSA) is 113 Å². The van der Waals surface area contributed by atoms with Gasteiger partial charge in [0.15, 0.2) is 0 Å². The fourth-order valence-electron chi connectivity index (χ4n) is 0.881. The molecule has 0 bridgehead atoms. The number of amides is 4. The Hall–Kier alpha value is -1.79. The molecule has 12 heavy (non-hydrogen) atoms. The number of carbonyl (C=O) groups excluding carboxylic acids is 2. The molecule has 66 valence electrons. The minimum Gasteiger partial charge on any atom is -0.465 e. The SMILES string of the molecule is NC(=O)N1C[C@H](NC(=O)O)C1=O. The lowest BCUT2D eigenvalue weighted by molar-refractivity contribution is -0.138. The fourth-order valence-corrected chi connectivity index (χ4v) is 0.881.